The highest BCUT2D eigenvalue weighted by Gasteiger charge is 2.40. The van der Waals surface area contributed by atoms with Crippen LogP contribution < -0.4 is 5.56 Å². The van der Waals surface area contributed by atoms with Gasteiger partial charge in [-0.25, -0.2) is 8.78 Å². The molecule has 1 saturated heterocycles. The quantitative estimate of drug-likeness (QED) is 0.115. The molecule has 0 N–H and O–H groups in total. The Hall–Kier alpha value is -5.17. The number of aryl methyl sites for hydroxylation is 2. The van der Waals surface area contributed by atoms with E-state index >= 15 is 0 Å². The molecule has 1 aliphatic carbocycles. The average molecular weight is 777 g/mol. The second-order valence-corrected chi connectivity index (χ2v) is 15.1. The summed E-state index contributed by atoms with van der Waals surface area (Å²) < 4.78 is 74.7. The van der Waals surface area contributed by atoms with Crippen molar-refractivity contribution >= 4 is 22.8 Å². The minimum atomic E-state index is -4.43. The molecule has 296 valence electrons. The topological polar surface area (TPSA) is 84.7 Å². The van der Waals surface area contributed by atoms with Crippen molar-refractivity contribution in [2.75, 3.05) is 26.7 Å². The summed E-state index contributed by atoms with van der Waals surface area (Å²) in [6.45, 7) is 6.71. The number of hydrogen-bond donors (Lipinski definition) is 0. The Balaban J connectivity index is 1.29. The Kier molecular flexibility index (Phi) is 11.9. The van der Waals surface area contributed by atoms with Crippen LogP contribution in [0.2, 0.25) is 0 Å². The smallest absolute Gasteiger partial charge is 0.416 e. The van der Waals surface area contributed by atoms with Gasteiger partial charge in [-0.05, 0) is 86.1 Å². The third-order valence-electron chi connectivity index (χ3n) is 11.1. The third-order valence-corrected chi connectivity index (χ3v) is 11.1. The molecule has 6 rings (SSSR count). The van der Waals surface area contributed by atoms with Crippen molar-refractivity contribution in [1.29, 1.82) is 0 Å². The Morgan fingerprint density at radius 1 is 0.964 bits per heavy atom. The summed E-state index contributed by atoms with van der Waals surface area (Å²) in [5.41, 5.74) is 0.287. The summed E-state index contributed by atoms with van der Waals surface area (Å²) in [6.07, 6.45) is 2.82. The van der Waals surface area contributed by atoms with Crippen molar-refractivity contribution in [3.63, 3.8) is 0 Å². The van der Waals surface area contributed by atoms with Gasteiger partial charge >= 0.3 is 12.1 Å². The largest absolute Gasteiger partial charge is 0.468 e. The van der Waals surface area contributed by atoms with Crippen LogP contribution in [0.3, 0.4) is 0 Å². The second kappa shape index (κ2) is 16.5. The molecule has 1 aromatic heterocycles. The van der Waals surface area contributed by atoms with E-state index < -0.39 is 34.5 Å². The van der Waals surface area contributed by atoms with Crippen LogP contribution in [0.25, 0.3) is 10.9 Å². The van der Waals surface area contributed by atoms with Crippen molar-refractivity contribution in [3.05, 3.63) is 135 Å². The maximum atomic E-state index is 14.7. The van der Waals surface area contributed by atoms with Gasteiger partial charge in [0.25, 0.3) is 5.56 Å². The molecule has 3 aromatic carbocycles. The highest BCUT2D eigenvalue weighted by Crippen LogP contribution is 2.36. The van der Waals surface area contributed by atoms with Gasteiger partial charge in [-0.2, -0.15) is 18.2 Å². The van der Waals surface area contributed by atoms with Crippen LogP contribution in [0.5, 0.6) is 0 Å². The number of carbonyl (C=O) groups excluding carboxylic acids is 2. The molecule has 2 heterocycles. The van der Waals surface area contributed by atoms with Gasteiger partial charge in [0.15, 0.2) is 0 Å². The van der Waals surface area contributed by atoms with Crippen LogP contribution in [0.4, 0.5) is 22.0 Å². The van der Waals surface area contributed by atoms with E-state index in [0.29, 0.717) is 36.8 Å². The molecule has 2 unspecified atom stereocenters. The van der Waals surface area contributed by atoms with Crippen LogP contribution in [0.1, 0.15) is 62.0 Å². The number of para-hydroxylation sites is 1. The summed E-state index contributed by atoms with van der Waals surface area (Å²) in [5, 5.41) is 0.322. The number of ether oxygens (including phenoxy) is 1. The second-order valence-electron chi connectivity index (χ2n) is 15.1. The van der Waals surface area contributed by atoms with Crippen molar-refractivity contribution in [1.82, 2.24) is 19.4 Å². The van der Waals surface area contributed by atoms with E-state index in [0.717, 1.165) is 29.3 Å². The Morgan fingerprint density at radius 3 is 2.30 bits per heavy atom. The molecule has 0 bridgehead atoms. The molecule has 1 fully saturated rings. The highest BCUT2D eigenvalue weighted by molar-refractivity contribution is 5.82. The van der Waals surface area contributed by atoms with E-state index in [1.807, 2.05) is 48.8 Å². The highest BCUT2D eigenvalue weighted by atomic mass is 19.4. The zero-order chi connectivity index (χ0) is 40.4. The fraction of sp³-hybridized carbons (Fsp3) is 0.395. The number of allylic oxidation sites excluding steroid dienone is 2. The maximum absolute atomic E-state index is 14.7. The fourth-order valence-corrected chi connectivity index (χ4v) is 7.88. The number of esters is 1. The standard InChI is InChI=1S/C43H45F5N4O4/c1-27-23-28(9-17-34(27)29-10-14-31(15-11-29)43(46,47)48)25-51(33-19-21-50(22-20-33)42(2,3)41(55)56-4)39(53)26-52-37-8-6-5-7-35(37)40(54)49-38(52)18-13-30-12-16-32(44)24-36(30)45/h5-12,14-17,23-24,27,33-34H,13,18-22,25-26H2,1-4H3. The van der Waals surface area contributed by atoms with Crippen LogP contribution in [-0.2, 0) is 39.9 Å². The number of methoxy groups -OCH3 is 1. The summed E-state index contributed by atoms with van der Waals surface area (Å²) in [5.74, 6) is -1.99. The lowest BCUT2D eigenvalue weighted by Crippen LogP contribution is -2.57. The first-order valence-corrected chi connectivity index (χ1v) is 18.7. The summed E-state index contributed by atoms with van der Waals surface area (Å²) in [4.78, 5) is 48.7. The first-order valence-electron chi connectivity index (χ1n) is 18.7. The molecule has 2 atom stereocenters. The number of aromatic nitrogens is 2. The van der Waals surface area contributed by atoms with E-state index in [4.69, 9.17) is 4.74 Å². The first kappa shape index (κ1) is 40.5. The molecule has 0 spiro atoms. The van der Waals surface area contributed by atoms with Crippen molar-refractivity contribution < 1.29 is 36.3 Å². The lowest BCUT2D eigenvalue weighted by Gasteiger charge is -2.44. The van der Waals surface area contributed by atoms with Gasteiger partial charge in [-0.3, -0.25) is 19.3 Å². The molecule has 8 nitrogen and oxygen atoms in total. The van der Waals surface area contributed by atoms with Crippen LogP contribution in [0.15, 0.2) is 95.3 Å². The van der Waals surface area contributed by atoms with Crippen molar-refractivity contribution in [2.45, 2.75) is 76.7 Å². The van der Waals surface area contributed by atoms with Gasteiger partial charge in [0.1, 0.15) is 29.5 Å². The predicted molar refractivity (Wildman–Crippen MR) is 203 cm³/mol. The fourth-order valence-electron chi connectivity index (χ4n) is 7.88. The molecule has 0 saturated carbocycles. The molecule has 56 heavy (non-hydrogen) atoms. The first-order chi connectivity index (χ1) is 26.6. The molecule has 4 aromatic rings. The van der Waals surface area contributed by atoms with E-state index in [1.165, 1.54) is 31.4 Å². The monoisotopic (exact) mass is 776 g/mol. The lowest BCUT2D eigenvalue weighted by atomic mass is 9.82. The number of carbonyl (C=O) groups is 2. The zero-order valence-electron chi connectivity index (χ0n) is 31.8. The van der Waals surface area contributed by atoms with Crippen LogP contribution in [-0.4, -0.2) is 69.6 Å². The number of amides is 1. The molecule has 1 aliphatic heterocycles. The Morgan fingerprint density at radius 2 is 1.66 bits per heavy atom. The number of rotatable bonds is 11. The number of halogens is 5. The molecular weight excluding hydrogens is 731 g/mol. The molecule has 1 amide bonds. The minimum absolute atomic E-state index is 0.0861. The van der Waals surface area contributed by atoms with Crippen molar-refractivity contribution in [3.8, 4) is 0 Å². The Bertz CT molecular complexity index is 2200. The van der Waals surface area contributed by atoms with Gasteiger partial charge in [0.05, 0.1) is 23.6 Å². The van der Waals surface area contributed by atoms with E-state index in [-0.39, 0.29) is 67.1 Å². The van der Waals surface area contributed by atoms with E-state index in [1.54, 1.807) is 28.8 Å². The number of fused-ring (bicyclic) bond motifs is 1. The maximum Gasteiger partial charge on any atom is 0.416 e. The number of likely N-dealkylation sites (tertiary alicyclic amines) is 1. The minimum Gasteiger partial charge on any atom is -0.468 e. The predicted octanol–water partition coefficient (Wildman–Crippen LogP) is 7.64. The van der Waals surface area contributed by atoms with Gasteiger partial charge in [0.2, 0.25) is 5.91 Å². The summed E-state index contributed by atoms with van der Waals surface area (Å²) >= 11 is 0. The van der Waals surface area contributed by atoms with Crippen LogP contribution in [0, 0.1) is 17.6 Å². The zero-order valence-corrected chi connectivity index (χ0v) is 31.8. The molecular formula is C43H45F5N4O4. The van der Waals surface area contributed by atoms with Crippen LogP contribution >= 0.6 is 0 Å². The molecule has 0 radical (unpaired) electrons. The number of alkyl halides is 3. The molecule has 2 aliphatic rings. The van der Waals surface area contributed by atoms with Gasteiger partial charge in [-0.15, -0.1) is 0 Å². The normalized spacial score (nSPS) is 18.2. The summed E-state index contributed by atoms with van der Waals surface area (Å²) in [7, 11) is 1.35. The number of hydrogen-bond acceptors (Lipinski definition) is 6. The lowest BCUT2D eigenvalue weighted by molar-refractivity contribution is -0.155. The molecule has 13 heteroatoms. The van der Waals surface area contributed by atoms with Gasteiger partial charge in [-0.1, -0.05) is 55.5 Å². The number of nitrogens with zero attached hydrogens (tertiary/aromatic N) is 4. The Labute approximate surface area is 322 Å². The van der Waals surface area contributed by atoms with Crippen molar-refractivity contribution in [2.24, 2.45) is 5.92 Å². The SMILES string of the molecule is COC(=O)C(C)(C)N1CCC(N(CC2=CC(C)C(c3ccc(C(F)(F)F)cc3)C=C2)C(=O)Cn2c(CCc3ccc(F)cc3F)nc(=O)c3ccccc32)CC1. The van der Waals surface area contributed by atoms with E-state index in [9.17, 15) is 36.3 Å². The van der Waals surface area contributed by atoms with E-state index in [2.05, 4.69) is 4.98 Å². The van der Waals surface area contributed by atoms with Gasteiger partial charge < -0.3 is 14.2 Å². The van der Waals surface area contributed by atoms with Gasteiger partial charge in [0, 0.05) is 44.1 Å². The number of piperidine rings is 1. The average Bonchev–Trinajstić information content (AvgIpc) is 3.17. The number of benzene rings is 3. The third kappa shape index (κ3) is 8.77. The summed E-state index contributed by atoms with van der Waals surface area (Å²) in [6, 6.07) is 15.1.